The van der Waals surface area contributed by atoms with Gasteiger partial charge in [0.2, 0.25) is 0 Å². The van der Waals surface area contributed by atoms with Crippen LogP contribution in [0.25, 0.3) is 0 Å². The molecule has 0 saturated heterocycles. The number of aliphatic carboxylic acids is 1. The van der Waals surface area contributed by atoms with Crippen molar-refractivity contribution >= 4 is 11.8 Å². The van der Waals surface area contributed by atoms with Crippen molar-refractivity contribution < 1.29 is 14.6 Å². The van der Waals surface area contributed by atoms with Gasteiger partial charge < -0.3 is 14.7 Å². The fourth-order valence-electron chi connectivity index (χ4n) is 1.34. The molecule has 1 rings (SSSR count). The maximum absolute atomic E-state index is 10.7. The molecular weight excluding hydrogens is 208 g/mol. The van der Waals surface area contributed by atoms with E-state index in [1.54, 1.807) is 30.3 Å². The molecule has 1 aromatic rings. The summed E-state index contributed by atoms with van der Waals surface area (Å²) in [5, 5.41) is 8.80. The minimum Gasteiger partial charge on any atom is -0.495 e. The summed E-state index contributed by atoms with van der Waals surface area (Å²) in [5.74, 6) is 0.423. The zero-order valence-electron chi connectivity index (χ0n) is 9.67. The van der Waals surface area contributed by atoms with Gasteiger partial charge in [-0.05, 0) is 26.0 Å². The molecular formula is C11H16N2O3. The Hall–Kier alpha value is -1.78. The van der Waals surface area contributed by atoms with Crippen LogP contribution in [0.1, 0.15) is 13.8 Å². The highest BCUT2D eigenvalue weighted by Crippen LogP contribution is 2.17. The molecule has 0 radical (unpaired) electrons. The van der Waals surface area contributed by atoms with Crippen LogP contribution < -0.4 is 9.64 Å². The second kappa shape index (κ2) is 5.34. The van der Waals surface area contributed by atoms with Gasteiger partial charge in [0.25, 0.3) is 0 Å². The molecule has 0 bridgehead atoms. The van der Waals surface area contributed by atoms with Crippen molar-refractivity contribution in [3.05, 3.63) is 18.3 Å². The van der Waals surface area contributed by atoms with Crippen LogP contribution in [0, 0.1) is 0 Å². The van der Waals surface area contributed by atoms with Gasteiger partial charge in [0.05, 0.1) is 13.3 Å². The summed E-state index contributed by atoms with van der Waals surface area (Å²) in [6, 6.07) is 3.60. The smallest absolute Gasteiger partial charge is 0.323 e. The van der Waals surface area contributed by atoms with Gasteiger partial charge in [0.15, 0.2) is 0 Å². The van der Waals surface area contributed by atoms with Crippen LogP contribution in [0.4, 0.5) is 5.82 Å². The van der Waals surface area contributed by atoms with Gasteiger partial charge in [0, 0.05) is 6.04 Å². The largest absolute Gasteiger partial charge is 0.495 e. The fraction of sp³-hybridized carbons (Fsp3) is 0.455. The summed E-state index contributed by atoms with van der Waals surface area (Å²) >= 11 is 0. The summed E-state index contributed by atoms with van der Waals surface area (Å²) in [6.45, 7) is 3.79. The normalized spacial score (nSPS) is 10.2. The highest BCUT2D eigenvalue weighted by atomic mass is 16.5. The van der Waals surface area contributed by atoms with E-state index in [9.17, 15) is 4.79 Å². The van der Waals surface area contributed by atoms with E-state index >= 15 is 0 Å². The summed E-state index contributed by atoms with van der Waals surface area (Å²) in [5.41, 5.74) is 0. The number of nitrogens with zero attached hydrogens (tertiary/aromatic N) is 2. The van der Waals surface area contributed by atoms with Gasteiger partial charge in [-0.25, -0.2) is 4.98 Å². The van der Waals surface area contributed by atoms with E-state index in [4.69, 9.17) is 9.84 Å². The summed E-state index contributed by atoms with van der Waals surface area (Å²) in [6.07, 6.45) is 1.58. The first-order valence-electron chi connectivity index (χ1n) is 5.03. The second-order valence-corrected chi connectivity index (χ2v) is 3.67. The first-order chi connectivity index (χ1) is 7.54. The van der Waals surface area contributed by atoms with Crippen LogP contribution in [0.2, 0.25) is 0 Å². The van der Waals surface area contributed by atoms with E-state index in [0.29, 0.717) is 11.6 Å². The molecule has 0 aliphatic rings. The molecule has 88 valence electrons. The minimum atomic E-state index is -0.869. The van der Waals surface area contributed by atoms with Crippen LogP contribution in [-0.4, -0.2) is 35.8 Å². The molecule has 0 unspecified atom stereocenters. The van der Waals surface area contributed by atoms with E-state index in [2.05, 4.69) is 4.98 Å². The average molecular weight is 224 g/mol. The van der Waals surface area contributed by atoms with Crippen molar-refractivity contribution in [1.29, 1.82) is 0 Å². The van der Waals surface area contributed by atoms with Crippen molar-refractivity contribution in [2.75, 3.05) is 18.6 Å². The predicted octanol–water partition coefficient (Wildman–Crippen LogP) is 1.39. The van der Waals surface area contributed by atoms with Crippen molar-refractivity contribution in [2.24, 2.45) is 0 Å². The van der Waals surface area contributed by atoms with E-state index in [-0.39, 0.29) is 12.6 Å². The molecule has 0 spiro atoms. The molecule has 0 aromatic carbocycles. The van der Waals surface area contributed by atoms with Gasteiger partial charge in [-0.2, -0.15) is 0 Å². The third kappa shape index (κ3) is 3.12. The molecule has 0 saturated carbocycles. The number of aromatic nitrogens is 1. The Morgan fingerprint density at radius 2 is 2.25 bits per heavy atom. The minimum absolute atomic E-state index is 0.0585. The number of carbonyl (C=O) groups is 1. The number of anilines is 1. The Bertz CT molecular complexity index is 349. The van der Waals surface area contributed by atoms with Crippen LogP contribution in [0.3, 0.4) is 0 Å². The fourth-order valence-corrected chi connectivity index (χ4v) is 1.34. The first-order valence-corrected chi connectivity index (χ1v) is 5.03. The van der Waals surface area contributed by atoms with Crippen molar-refractivity contribution in [2.45, 2.75) is 19.9 Å². The Morgan fingerprint density at radius 3 is 2.62 bits per heavy atom. The van der Waals surface area contributed by atoms with Gasteiger partial charge in [-0.1, -0.05) is 0 Å². The van der Waals surface area contributed by atoms with Crippen molar-refractivity contribution in [3.63, 3.8) is 0 Å². The second-order valence-electron chi connectivity index (χ2n) is 3.67. The molecule has 0 fully saturated rings. The van der Waals surface area contributed by atoms with E-state index in [1.165, 1.54) is 0 Å². The van der Waals surface area contributed by atoms with Gasteiger partial charge in [0.1, 0.15) is 18.1 Å². The lowest BCUT2D eigenvalue weighted by Crippen LogP contribution is -2.36. The van der Waals surface area contributed by atoms with Crippen LogP contribution in [-0.2, 0) is 4.79 Å². The number of methoxy groups -OCH3 is 1. The van der Waals surface area contributed by atoms with E-state index in [0.717, 1.165) is 0 Å². The number of ether oxygens (including phenoxy) is 1. The summed E-state index contributed by atoms with van der Waals surface area (Å²) < 4.78 is 4.99. The lowest BCUT2D eigenvalue weighted by atomic mass is 10.3. The van der Waals surface area contributed by atoms with Crippen molar-refractivity contribution in [3.8, 4) is 5.75 Å². The predicted molar refractivity (Wildman–Crippen MR) is 60.9 cm³/mol. The summed E-state index contributed by atoms with van der Waals surface area (Å²) in [4.78, 5) is 16.6. The lowest BCUT2D eigenvalue weighted by molar-refractivity contribution is -0.135. The molecule has 1 heterocycles. The molecule has 5 nitrogen and oxygen atoms in total. The molecule has 16 heavy (non-hydrogen) atoms. The zero-order valence-corrected chi connectivity index (χ0v) is 9.67. The van der Waals surface area contributed by atoms with Gasteiger partial charge in [-0.3, -0.25) is 4.79 Å². The SMILES string of the molecule is COc1ccc(N(CC(=O)O)C(C)C)nc1. The number of carboxylic acids is 1. The molecule has 0 aliphatic heterocycles. The van der Waals surface area contributed by atoms with Crippen molar-refractivity contribution in [1.82, 2.24) is 4.98 Å². The van der Waals surface area contributed by atoms with Crippen LogP contribution in [0.5, 0.6) is 5.75 Å². The standard InChI is InChI=1S/C11H16N2O3/c1-8(2)13(7-11(14)15)10-5-4-9(16-3)6-12-10/h4-6,8H,7H2,1-3H3,(H,14,15). The Labute approximate surface area is 94.7 Å². The molecule has 1 aromatic heterocycles. The third-order valence-corrected chi connectivity index (χ3v) is 2.18. The van der Waals surface area contributed by atoms with Crippen LogP contribution >= 0.6 is 0 Å². The maximum atomic E-state index is 10.7. The quantitative estimate of drug-likeness (QED) is 0.818. The Balaban J connectivity index is 2.88. The highest BCUT2D eigenvalue weighted by Gasteiger charge is 2.15. The van der Waals surface area contributed by atoms with Gasteiger partial charge in [-0.15, -0.1) is 0 Å². The Morgan fingerprint density at radius 1 is 1.56 bits per heavy atom. The van der Waals surface area contributed by atoms with Gasteiger partial charge >= 0.3 is 5.97 Å². The van der Waals surface area contributed by atoms with E-state index in [1.807, 2.05) is 13.8 Å². The number of carboxylic acid groups (broad SMARTS) is 1. The molecule has 0 aliphatic carbocycles. The number of hydrogen-bond donors (Lipinski definition) is 1. The van der Waals surface area contributed by atoms with E-state index < -0.39 is 5.97 Å². The lowest BCUT2D eigenvalue weighted by Gasteiger charge is -2.25. The molecule has 1 N–H and O–H groups in total. The Kier molecular flexibility index (Phi) is 4.10. The first kappa shape index (κ1) is 12.3. The average Bonchev–Trinajstić information content (AvgIpc) is 2.25. The summed E-state index contributed by atoms with van der Waals surface area (Å²) in [7, 11) is 1.56. The zero-order chi connectivity index (χ0) is 12.1. The molecule has 5 heteroatoms. The number of hydrogen-bond acceptors (Lipinski definition) is 4. The molecule has 0 atom stereocenters. The third-order valence-electron chi connectivity index (χ3n) is 2.18. The maximum Gasteiger partial charge on any atom is 0.323 e. The monoisotopic (exact) mass is 224 g/mol. The molecule has 0 amide bonds. The number of rotatable bonds is 5. The number of pyridine rings is 1. The van der Waals surface area contributed by atoms with Crippen LogP contribution in [0.15, 0.2) is 18.3 Å². The highest BCUT2D eigenvalue weighted by molar-refractivity contribution is 5.73. The topological polar surface area (TPSA) is 62.7 Å².